The molecule has 0 bridgehead atoms. The van der Waals surface area contributed by atoms with Gasteiger partial charge in [0, 0.05) is 98.1 Å². The van der Waals surface area contributed by atoms with Gasteiger partial charge in [-0.2, -0.15) is 24.6 Å². The smallest absolute Gasteiger partial charge is 0 e. The molecule has 0 aliphatic heterocycles. The first-order chi connectivity index (χ1) is 3.93. The largest absolute Gasteiger partial charge is 0.328 e. The molecule has 0 atom stereocenters. The first-order valence-electron chi connectivity index (χ1n) is 3.28. The van der Waals surface area contributed by atoms with E-state index < -0.39 is 0 Å². The molecule has 0 aromatic rings. The molecule has 0 heterocycles. The molecule has 1 rings (SSSR count). The second-order valence-electron chi connectivity index (χ2n) is 2.30. The summed E-state index contributed by atoms with van der Waals surface area (Å²) in [5.41, 5.74) is 0. The van der Waals surface area contributed by atoms with Crippen LogP contribution >= 0.6 is 11.8 Å². The van der Waals surface area contributed by atoms with E-state index in [1.165, 1.54) is 25.7 Å². The molecule has 1 saturated carbocycles. The Balaban J connectivity index is -0.000000213. The van der Waals surface area contributed by atoms with E-state index in [4.69, 9.17) is 0 Å². The Morgan fingerprint density at radius 1 is 1.09 bits per heavy atom. The van der Waals surface area contributed by atoms with Crippen molar-refractivity contribution in [3.8, 4) is 0 Å². The Bertz CT molecular complexity index is 64.7. The van der Waals surface area contributed by atoms with Crippen molar-refractivity contribution in [2.75, 3.05) is 6.26 Å². The number of hydrogen-bond donors (Lipinski definition) is 0. The Morgan fingerprint density at radius 3 is 1.82 bits per heavy atom. The van der Waals surface area contributed by atoms with Crippen LogP contribution in [0.5, 0.6) is 0 Å². The zero-order valence-corrected chi connectivity index (χ0v) is 16.5. The maximum Gasteiger partial charge on any atom is 0 e. The van der Waals surface area contributed by atoms with Crippen LogP contribution in [0.4, 0.5) is 0 Å². The Hall–Kier alpha value is 3.66. The fraction of sp³-hybridized carbons (Fsp3) is 0.857. The van der Waals surface area contributed by atoms with Crippen LogP contribution in [0.2, 0.25) is 0 Å². The summed E-state index contributed by atoms with van der Waals surface area (Å²) >= 11 is 2.03. The van der Waals surface area contributed by atoms with Crippen LogP contribution in [0.1, 0.15) is 25.7 Å². The monoisotopic (exact) mass is 396 g/mol. The molecule has 1 fully saturated rings. The van der Waals surface area contributed by atoms with Gasteiger partial charge in [-0.3, -0.25) is 0 Å². The molecule has 1 aliphatic carbocycles. The van der Waals surface area contributed by atoms with Gasteiger partial charge in [0.05, 0.1) is 0 Å². The van der Waals surface area contributed by atoms with Crippen molar-refractivity contribution in [2.45, 2.75) is 30.9 Å². The minimum atomic E-state index is 0. The summed E-state index contributed by atoms with van der Waals surface area (Å²) in [5.74, 6) is 0. The van der Waals surface area contributed by atoms with E-state index in [0.717, 1.165) is 5.25 Å². The molecule has 0 N–H and O–H groups in total. The number of hydrogen-bond acceptors (Lipinski definition) is 1. The number of thioether (sulfide) groups is 1. The van der Waals surface area contributed by atoms with Crippen LogP contribution in [0, 0.1) is 6.42 Å². The minimum Gasteiger partial charge on any atom is -0.328 e. The van der Waals surface area contributed by atoms with Crippen LogP contribution in [0.3, 0.4) is 0 Å². The van der Waals surface area contributed by atoms with Gasteiger partial charge in [0.2, 0.25) is 0 Å². The molecular weight excluding hydrogens is 383 g/mol. The molecule has 0 nitrogen and oxygen atoms in total. The Labute approximate surface area is 150 Å². The van der Waals surface area contributed by atoms with Gasteiger partial charge >= 0.3 is 0 Å². The van der Waals surface area contributed by atoms with E-state index >= 15 is 0 Å². The zero-order valence-electron chi connectivity index (χ0n) is 7.12. The van der Waals surface area contributed by atoms with Crippen LogP contribution in [0.15, 0.2) is 0 Å². The van der Waals surface area contributed by atoms with Crippen LogP contribution in [-0.2, 0) is 98.1 Å². The van der Waals surface area contributed by atoms with E-state index in [9.17, 15) is 0 Å². The first kappa shape index (κ1) is 20.1. The van der Waals surface area contributed by atoms with Crippen molar-refractivity contribution >= 4 is 11.8 Å². The van der Waals surface area contributed by atoms with E-state index in [1.54, 1.807) is 0 Å². The second-order valence-corrected chi connectivity index (χ2v) is 3.44. The summed E-state index contributed by atoms with van der Waals surface area (Å²) < 4.78 is 0. The molecule has 0 spiro atoms. The molecule has 0 aromatic carbocycles. The van der Waals surface area contributed by atoms with Crippen molar-refractivity contribution in [3.63, 3.8) is 0 Å². The van der Waals surface area contributed by atoms with Gasteiger partial charge in [-0.15, -0.1) is 0 Å². The quantitative estimate of drug-likeness (QED) is 0.615. The summed E-state index contributed by atoms with van der Waals surface area (Å²) in [7, 11) is 0. The molecular formula is C7H13SY3-. The standard InChI is InChI=1S/C7H13S.3Y/c1-8-7-5-3-2-4-6-7;;;/h2,7H,3-6H2,1H3;;;/q-1;;;. The second kappa shape index (κ2) is 13.7. The molecule has 4 heteroatoms. The van der Waals surface area contributed by atoms with Crippen molar-refractivity contribution < 1.29 is 98.1 Å². The summed E-state index contributed by atoms with van der Waals surface area (Å²) in [6.45, 7) is 0. The Kier molecular flexibility index (Phi) is 25.0. The number of rotatable bonds is 1. The zero-order chi connectivity index (χ0) is 5.82. The molecule has 1 aliphatic rings. The van der Waals surface area contributed by atoms with Crippen LogP contribution in [-0.4, -0.2) is 11.5 Å². The third kappa shape index (κ3) is 9.95. The first-order valence-corrected chi connectivity index (χ1v) is 4.56. The fourth-order valence-corrected chi connectivity index (χ4v) is 1.88. The fourth-order valence-electron chi connectivity index (χ4n) is 1.13. The topological polar surface area (TPSA) is 0 Å². The van der Waals surface area contributed by atoms with Gasteiger partial charge in [0.15, 0.2) is 0 Å². The Morgan fingerprint density at radius 2 is 1.55 bits per heavy atom. The van der Waals surface area contributed by atoms with Crippen LogP contribution < -0.4 is 0 Å². The van der Waals surface area contributed by atoms with Gasteiger partial charge in [-0.05, 0) is 11.5 Å². The molecule has 0 unspecified atom stereocenters. The summed E-state index contributed by atoms with van der Waals surface area (Å²) in [5, 5.41) is 0.972. The average Bonchev–Trinajstić information content (AvgIpc) is 1.90. The summed E-state index contributed by atoms with van der Waals surface area (Å²) in [4.78, 5) is 0. The van der Waals surface area contributed by atoms with E-state index in [-0.39, 0.29) is 98.1 Å². The summed E-state index contributed by atoms with van der Waals surface area (Å²) in [6, 6.07) is 0. The molecule has 3 radical (unpaired) electrons. The maximum atomic E-state index is 2.41. The van der Waals surface area contributed by atoms with E-state index in [1.807, 2.05) is 11.8 Å². The van der Waals surface area contributed by atoms with Gasteiger partial charge in [-0.25, -0.2) is 0 Å². The third-order valence-corrected chi connectivity index (χ3v) is 2.86. The molecule has 0 amide bonds. The molecule has 0 saturated heterocycles. The maximum absolute atomic E-state index is 2.41. The van der Waals surface area contributed by atoms with Crippen molar-refractivity contribution in [1.82, 2.24) is 0 Å². The van der Waals surface area contributed by atoms with Crippen molar-refractivity contribution in [1.29, 1.82) is 0 Å². The SMILES string of the molecule is CSC1CC[CH-]CC1.[Y].[Y].[Y]. The van der Waals surface area contributed by atoms with Gasteiger partial charge in [-0.1, -0.05) is 12.8 Å². The average molecular weight is 396 g/mol. The van der Waals surface area contributed by atoms with Crippen LogP contribution in [0.25, 0.3) is 0 Å². The molecule has 57 valence electrons. The third-order valence-electron chi connectivity index (χ3n) is 1.72. The molecule has 0 aromatic heterocycles. The van der Waals surface area contributed by atoms with E-state index in [0.29, 0.717) is 0 Å². The van der Waals surface area contributed by atoms with E-state index in [2.05, 4.69) is 12.7 Å². The van der Waals surface area contributed by atoms with Crippen molar-refractivity contribution in [2.24, 2.45) is 0 Å². The summed E-state index contributed by atoms with van der Waals surface area (Å²) in [6.07, 6.45) is 10.2. The normalized spacial score (nSPS) is 17.2. The van der Waals surface area contributed by atoms with Gasteiger partial charge in [0.1, 0.15) is 0 Å². The predicted molar refractivity (Wildman–Crippen MR) is 40.1 cm³/mol. The van der Waals surface area contributed by atoms with Gasteiger partial charge in [0.25, 0.3) is 0 Å². The predicted octanol–water partition coefficient (Wildman–Crippen LogP) is 2.49. The van der Waals surface area contributed by atoms with Gasteiger partial charge < -0.3 is 6.42 Å². The molecule has 11 heavy (non-hydrogen) atoms. The van der Waals surface area contributed by atoms with Crippen molar-refractivity contribution in [3.05, 3.63) is 6.42 Å². The minimum absolute atomic E-state index is 0.